The van der Waals surface area contributed by atoms with Crippen LogP contribution >= 0.6 is 11.6 Å². The summed E-state index contributed by atoms with van der Waals surface area (Å²) >= 11 is 6.06. The highest BCUT2D eigenvalue weighted by Crippen LogP contribution is 2.19. The molecule has 1 atom stereocenters. The standard InChI is InChI=1S/C13H18ClNO/c1-8(2)13(15)12(16)7-10-5-4-9(3)6-11(10)14/h4-6,8,13H,7,15H2,1-3H3. The first-order chi connectivity index (χ1) is 7.41. The van der Waals surface area contributed by atoms with Crippen molar-refractivity contribution >= 4 is 17.4 Å². The van der Waals surface area contributed by atoms with E-state index >= 15 is 0 Å². The van der Waals surface area contributed by atoms with Gasteiger partial charge in [-0.15, -0.1) is 0 Å². The molecule has 1 aromatic carbocycles. The minimum atomic E-state index is -0.405. The van der Waals surface area contributed by atoms with E-state index in [0.717, 1.165) is 11.1 Å². The Labute approximate surface area is 102 Å². The van der Waals surface area contributed by atoms with E-state index in [1.807, 2.05) is 39.0 Å². The number of ketones is 1. The average Bonchev–Trinajstić information content (AvgIpc) is 2.20. The third-order valence-corrected chi connectivity index (χ3v) is 3.02. The molecule has 1 rings (SSSR count). The normalized spacial score (nSPS) is 12.9. The molecule has 88 valence electrons. The van der Waals surface area contributed by atoms with Gasteiger partial charge in [0.15, 0.2) is 5.78 Å². The lowest BCUT2D eigenvalue weighted by Crippen LogP contribution is -2.36. The number of aryl methyl sites for hydroxylation is 1. The lowest BCUT2D eigenvalue weighted by Gasteiger charge is -2.14. The molecule has 1 aromatic rings. The number of Topliss-reactive ketones (excluding diaryl/α,β-unsaturated/α-hetero) is 1. The predicted octanol–water partition coefficient (Wildman–Crippen LogP) is 2.74. The van der Waals surface area contributed by atoms with Gasteiger partial charge in [-0.3, -0.25) is 4.79 Å². The topological polar surface area (TPSA) is 43.1 Å². The summed E-state index contributed by atoms with van der Waals surface area (Å²) in [5, 5.41) is 0.643. The Balaban J connectivity index is 2.77. The molecule has 1 unspecified atom stereocenters. The van der Waals surface area contributed by atoms with Crippen molar-refractivity contribution in [3.63, 3.8) is 0 Å². The van der Waals surface area contributed by atoms with Crippen molar-refractivity contribution in [3.05, 3.63) is 34.3 Å². The van der Waals surface area contributed by atoms with Crippen LogP contribution in [0.2, 0.25) is 5.02 Å². The van der Waals surface area contributed by atoms with Crippen LogP contribution in [0.5, 0.6) is 0 Å². The lowest BCUT2D eigenvalue weighted by atomic mass is 9.96. The quantitative estimate of drug-likeness (QED) is 0.878. The van der Waals surface area contributed by atoms with Crippen molar-refractivity contribution in [2.24, 2.45) is 11.7 Å². The van der Waals surface area contributed by atoms with E-state index < -0.39 is 6.04 Å². The van der Waals surface area contributed by atoms with E-state index in [2.05, 4.69) is 0 Å². The third-order valence-electron chi connectivity index (χ3n) is 2.66. The van der Waals surface area contributed by atoms with Gasteiger partial charge in [-0.1, -0.05) is 37.6 Å². The Morgan fingerprint density at radius 3 is 2.56 bits per heavy atom. The molecule has 0 aliphatic heterocycles. The van der Waals surface area contributed by atoms with Crippen molar-refractivity contribution in [2.75, 3.05) is 0 Å². The molecule has 0 aliphatic carbocycles. The van der Waals surface area contributed by atoms with Crippen LogP contribution < -0.4 is 5.73 Å². The summed E-state index contributed by atoms with van der Waals surface area (Å²) in [4.78, 5) is 11.8. The van der Waals surface area contributed by atoms with Gasteiger partial charge in [0, 0.05) is 11.4 Å². The Hall–Kier alpha value is -0.860. The van der Waals surface area contributed by atoms with Crippen LogP contribution in [0.3, 0.4) is 0 Å². The van der Waals surface area contributed by atoms with Gasteiger partial charge in [0.1, 0.15) is 0 Å². The zero-order valence-corrected chi connectivity index (χ0v) is 10.7. The van der Waals surface area contributed by atoms with E-state index in [1.54, 1.807) is 0 Å². The maximum Gasteiger partial charge on any atom is 0.154 e. The van der Waals surface area contributed by atoms with Gasteiger partial charge in [0.2, 0.25) is 0 Å². The Kier molecular flexibility index (Phi) is 4.51. The predicted molar refractivity (Wildman–Crippen MR) is 67.7 cm³/mol. The molecule has 2 N–H and O–H groups in total. The Morgan fingerprint density at radius 2 is 2.06 bits per heavy atom. The van der Waals surface area contributed by atoms with Crippen LogP contribution in [0.4, 0.5) is 0 Å². The summed E-state index contributed by atoms with van der Waals surface area (Å²) in [5.41, 5.74) is 7.74. The highest BCUT2D eigenvalue weighted by molar-refractivity contribution is 6.31. The Bertz CT molecular complexity index is 388. The molecule has 0 aliphatic rings. The minimum absolute atomic E-state index is 0.0424. The van der Waals surface area contributed by atoms with Crippen LogP contribution in [0.15, 0.2) is 18.2 Å². The van der Waals surface area contributed by atoms with Gasteiger partial charge in [-0.05, 0) is 30.0 Å². The molecule has 0 heterocycles. The summed E-state index contributed by atoms with van der Waals surface area (Å²) in [6, 6.07) is 5.31. The fourth-order valence-corrected chi connectivity index (χ4v) is 1.77. The van der Waals surface area contributed by atoms with Crippen LogP contribution in [-0.4, -0.2) is 11.8 Å². The summed E-state index contributed by atoms with van der Waals surface area (Å²) < 4.78 is 0. The van der Waals surface area contributed by atoms with Gasteiger partial charge in [-0.25, -0.2) is 0 Å². The molecular formula is C13H18ClNO. The van der Waals surface area contributed by atoms with Gasteiger partial charge < -0.3 is 5.73 Å². The second kappa shape index (κ2) is 5.46. The number of hydrogen-bond donors (Lipinski definition) is 1. The van der Waals surface area contributed by atoms with Gasteiger partial charge in [0.25, 0.3) is 0 Å². The molecule has 0 amide bonds. The highest BCUT2D eigenvalue weighted by atomic mass is 35.5. The molecule has 0 saturated heterocycles. The van der Waals surface area contributed by atoms with Crippen molar-refractivity contribution in [1.29, 1.82) is 0 Å². The Morgan fingerprint density at radius 1 is 1.44 bits per heavy atom. The molecule has 0 radical (unpaired) electrons. The molecule has 0 spiro atoms. The first-order valence-electron chi connectivity index (χ1n) is 5.45. The molecular weight excluding hydrogens is 222 g/mol. The highest BCUT2D eigenvalue weighted by Gasteiger charge is 2.18. The maximum atomic E-state index is 11.8. The van der Waals surface area contributed by atoms with Crippen LogP contribution in [0.1, 0.15) is 25.0 Å². The monoisotopic (exact) mass is 239 g/mol. The number of rotatable bonds is 4. The maximum absolute atomic E-state index is 11.8. The van der Waals surface area contributed by atoms with Crippen molar-refractivity contribution in [3.8, 4) is 0 Å². The summed E-state index contributed by atoms with van der Waals surface area (Å²) in [6.45, 7) is 5.86. The van der Waals surface area contributed by atoms with Gasteiger partial charge >= 0.3 is 0 Å². The third kappa shape index (κ3) is 3.32. The molecule has 0 fully saturated rings. The number of hydrogen-bond acceptors (Lipinski definition) is 2. The molecule has 0 saturated carbocycles. The van der Waals surface area contributed by atoms with E-state index in [4.69, 9.17) is 17.3 Å². The number of carbonyl (C=O) groups excluding carboxylic acids is 1. The number of halogens is 1. The fourth-order valence-electron chi connectivity index (χ4n) is 1.47. The van der Waals surface area contributed by atoms with Crippen molar-refractivity contribution in [2.45, 2.75) is 33.2 Å². The number of benzene rings is 1. The summed E-state index contributed by atoms with van der Waals surface area (Å²) in [6.07, 6.45) is 0.318. The smallest absolute Gasteiger partial charge is 0.154 e. The molecule has 16 heavy (non-hydrogen) atoms. The summed E-state index contributed by atoms with van der Waals surface area (Å²) in [5.74, 6) is 0.206. The van der Waals surface area contributed by atoms with Crippen molar-refractivity contribution in [1.82, 2.24) is 0 Å². The minimum Gasteiger partial charge on any atom is -0.321 e. The summed E-state index contributed by atoms with van der Waals surface area (Å²) in [7, 11) is 0. The van der Waals surface area contributed by atoms with Crippen LogP contribution in [0, 0.1) is 12.8 Å². The molecule has 2 nitrogen and oxygen atoms in total. The lowest BCUT2D eigenvalue weighted by molar-refractivity contribution is -0.120. The van der Waals surface area contributed by atoms with Gasteiger partial charge in [0.05, 0.1) is 6.04 Å². The van der Waals surface area contributed by atoms with E-state index in [9.17, 15) is 4.79 Å². The largest absolute Gasteiger partial charge is 0.321 e. The van der Waals surface area contributed by atoms with Crippen LogP contribution in [0.25, 0.3) is 0 Å². The first-order valence-corrected chi connectivity index (χ1v) is 5.83. The zero-order chi connectivity index (χ0) is 12.3. The van der Waals surface area contributed by atoms with Crippen molar-refractivity contribution < 1.29 is 4.79 Å². The average molecular weight is 240 g/mol. The SMILES string of the molecule is Cc1ccc(CC(=O)C(N)C(C)C)c(Cl)c1. The second-order valence-corrected chi connectivity index (χ2v) is 4.91. The second-order valence-electron chi connectivity index (χ2n) is 4.51. The van der Waals surface area contributed by atoms with E-state index in [1.165, 1.54) is 0 Å². The molecule has 3 heteroatoms. The first kappa shape index (κ1) is 13.2. The van der Waals surface area contributed by atoms with Gasteiger partial charge in [-0.2, -0.15) is 0 Å². The van der Waals surface area contributed by atoms with Crippen LogP contribution in [-0.2, 0) is 11.2 Å². The van der Waals surface area contributed by atoms with E-state index in [0.29, 0.717) is 11.4 Å². The molecule has 0 aromatic heterocycles. The van der Waals surface area contributed by atoms with E-state index in [-0.39, 0.29) is 11.7 Å². The molecule has 0 bridgehead atoms. The number of nitrogens with two attached hydrogens (primary N) is 1. The zero-order valence-electron chi connectivity index (χ0n) is 9.96. The fraction of sp³-hybridized carbons (Fsp3) is 0.462. The number of carbonyl (C=O) groups is 1.